The van der Waals surface area contributed by atoms with Gasteiger partial charge in [-0.3, -0.25) is 14.1 Å². The molecule has 4 aliphatic rings. The standard InChI is InChI=1S/C31H34FN5O4/c1-35-23-16-33-22-14-21(32)25(28-26(22)27(23)37(29(35)38)31(19-41-28)6-2-7-31)20-4-5-24(34-15-20)40-13-3-10-36-11-8-30(9-12-36)17-39-18-30/h4-5,14-16H,2-3,6-13,17-19H2,1H3. The maximum absolute atomic E-state index is 15.7. The minimum Gasteiger partial charge on any atom is -0.490 e. The second-order valence-corrected chi connectivity index (χ2v) is 12.4. The first-order valence-electron chi connectivity index (χ1n) is 14.7. The highest BCUT2D eigenvalue weighted by Gasteiger charge is 2.45. The Balaban J connectivity index is 1.04. The van der Waals surface area contributed by atoms with Gasteiger partial charge in [0.15, 0.2) is 0 Å². The zero-order valence-electron chi connectivity index (χ0n) is 23.3. The van der Waals surface area contributed by atoms with Crippen molar-refractivity contribution in [3.8, 4) is 22.8 Å². The third-order valence-electron chi connectivity index (χ3n) is 9.95. The van der Waals surface area contributed by atoms with Crippen LogP contribution in [0.1, 0.15) is 38.5 Å². The number of nitrogens with zero attached hydrogens (tertiary/aromatic N) is 5. The Hall–Kier alpha value is -3.50. The van der Waals surface area contributed by atoms with Crippen molar-refractivity contribution in [3.63, 3.8) is 0 Å². The van der Waals surface area contributed by atoms with Crippen LogP contribution in [-0.2, 0) is 17.3 Å². The molecule has 2 spiro atoms. The van der Waals surface area contributed by atoms with Crippen LogP contribution >= 0.6 is 0 Å². The summed E-state index contributed by atoms with van der Waals surface area (Å²) in [5.41, 5.74) is 2.85. The topological polar surface area (TPSA) is 83.6 Å². The molecule has 9 nitrogen and oxygen atoms in total. The van der Waals surface area contributed by atoms with E-state index in [1.54, 1.807) is 30.1 Å². The Kier molecular flexibility index (Phi) is 5.69. The van der Waals surface area contributed by atoms with E-state index in [0.717, 1.165) is 69.6 Å². The summed E-state index contributed by atoms with van der Waals surface area (Å²) in [6.45, 7) is 6.00. The molecule has 3 aliphatic heterocycles. The van der Waals surface area contributed by atoms with Crippen molar-refractivity contribution in [3.05, 3.63) is 46.9 Å². The Labute approximate surface area is 236 Å². The van der Waals surface area contributed by atoms with Gasteiger partial charge in [0.1, 0.15) is 18.2 Å². The molecule has 214 valence electrons. The lowest BCUT2D eigenvalue weighted by atomic mass is 9.77. The second-order valence-electron chi connectivity index (χ2n) is 12.4. The van der Waals surface area contributed by atoms with Crippen molar-refractivity contribution in [1.29, 1.82) is 0 Å². The number of hydrogen-bond donors (Lipinski definition) is 0. The Morgan fingerprint density at radius 2 is 1.90 bits per heavy atom. The number of imidazole rings is 1. The molecule has 1 aliphatic carbocycles. The number of fused-ring (bicyclic) bond motifs is 1. The number of hydrogen-bond acceptors (Lipinski definition) is 7. The summed E-state index contributed by atoms with van der Waals surface area (Å²) in [5.74, 6) is 0.509. The van der Waals surface area contributed by atoms with Gasteiger partial charge in [-0.25, -0.2) is 14.2 Å². The normalized spacial score (nSPS) is 20.7. The average Bonchev–Trinajstić information content (AvgIpc) is 3.09. The summed E-state index contributed by atoms with van der Waals surface area (Å²) in [5, 5.41) is 0.675. The Morgan fingerprint density at radius 3 is 2.59 bits per heavy atom. The van der Waals surface area contributed by atoms with Gasteiger partial charge >= 0.3 is 5.69 Å². The lowest BCUT2D eigenvalue weighted by Gasteiger charge is -2.47. The maximum atomic E-state index is 15.7. The third kappa shape index (κ3) is 3.83. The van der Waals surface area contributed by atoms with Gasteiger partial charge in [0.2, 0.25) is 5.88 Å². The number of piperidine rings is 1. The summed E-state index contributed by atoms with van der Waals surface area (Å²) < 4.78 is 37.0. The summed E-state index contributed by atoms with van der Waals surface area (Å²) >= 11 is 0. The first-order chi connectivity index (χ1) is 20.0. The van der Waals surface area contributed by atoms with Crippen molar-refractivity contribution < 1.29 is 18.6 Å². The van der Waals surface area contributed by atoms with Crippen LogP contribution in [0.5, 0.6) is 11.6 Å². The third-order valence-corrected chi connectivity index (χ3v) is 9.95. The van der Waals surface area contributed by atoms with E-state index >= 15 is 4.39 Å². The monoisotopic (exact) mass is 559 g/mol. The van der Waals surface area contributed by atoms with Gasteiger partial charge in [-0.15, -0.1) is 0 Å². The van der Waals surface area contributed by atoms with E-state index in [1.165, 1.54) is 18.9 Å². The SMILES string of the molecule is Cn1c(=O)n2c3c4c(c(-c5ccc(OCCCN6CCC7(CC6)COC7)nc5)c(F)cc4ncc31)OCC21CCC1. The van der Waals surface area contributed by atoms with E-state index in [0.29, 0.717) is 52.3 Å². The van der Waals surface area contributed by atoms with Gasteiger partial charge in [-0.2, -0.15) is 0 Å². The largest absolute Gasteiger partial charge is 0.490 e. The van der Waals surface area contributed by atoms with Crippen LogP contribution in [0.15, 0.2) is 35.4 Å². The average molecular weight is 560 g/mol. The zero-order valence-corrected chi connectivity index (χ0v) is 23.3. The predicted octanol–water partition coefficient (Wildman–Crippen LogP) is 4.24. The molecule has 3 aromatic heterocycles. The lowest BCUT2D eigenvalue weighted by molar-refractivity contribution is -0.139. The highest BCUT2D eigenvalue weighted by atomic mass is 19.1. The summed E-state index contributed by atoms with van der Waals surface area (Å²) in [7, 11) is 1.77. The Morgan fingerprint density at radius 1 is 1.07 bits per heavy atom. The molecule has 6 heterocycles. The van der Waals surface area contributed by atoms with Crippen LogP contribution < -0.4 is 15.2 Å². The molecule has 3 fully saturated rings. The number of benzene rings is 1. The van der Waals surface area contributed by atoms with E-state index < -0.39 is 11.4 Å². The number of pyridine rings is 2. The highest BCUT2D eigenvalue weighted by molar-refractivity contribution is 6.09. The molecular formula is C31H34FN5O4. The number of ether oxygens (including phenoxy) is 3. The Bertz CT molecular complexity index is 1710. The van der Waals surface area contributed by atoms with Crippen LogP contribution in [0.2, 0.25) is 0 Å². The first-order valence-corrected chi connectivity index (χ1v) is 14.7. The zero-order chi connectivity index (χ0) is 27.8. The molecule has 2 saturated heterocycles. The predicted molar refractivity (Wildman–Crippen MR) is 152 cm³/mol. The van der Waals surface area contributed by atoms with Gasteiger partial charge in [0, 0.05) is 42.9 Å². The number of halogens is 1. The van der Waals surface area contributed by atoms with Crippen molar-refractivity contribution in [2.75, 3.05) is 46.1 Å². The number of aromatic nitrogens is 4. The molecule has 10 heteroatoms. The summed E-state index contributed by atoms with van der Waals surface area (Å²) in [6.07, 6.45) is 9.39. The van der Waals surface area contributed by atoms with Crippen molar-refractivity contribution >= 4 is 21.9 Å². The van der Waals surface area contributed by atoms with Crippen molar-refractivity contribution in [2.45, 2.75) is 44.1 Å². The van der Waals surface area contributed by atoms with E-state index in [1.807, 2.05) is 10.6 Å². The maximum Gasteiger partial charge on any atom is 0.329 e. The summed E-state index contributed by atoms with van der Waals surface area (Å²) in [4.78, 5) is 24.9. The van der Waals surface area contributed by atoms with E-state index in [4.69, 9.17) is 14.2 Å². The van der Waals surface area contributed by atoms with E-state index in [-0.39, 0.29) is 5.69 Å². The minimum absolute atomic E-state index is 0.0864. The molecule has 1 saturated carbocycles. The fraction of sp³-hybridized carbons (Fsp3) is 0.516. The number of aryl methyl sites for hydroxylation is 1. The molecule has 0 unspecified atom stereocenters. The smallest absolute Gasteiger partial charge is 0.329 e. The molecule has 0 amide bonds. The van der Waals surface area contributed by atoms with E-state index in [2.05, 4.69) is 14.9 Å². The first kappa shape index (κ1) is 25.2. The molecular weight excluding hydrogens is 525 g/mol. The molecule has 8 rings (SSSR count). The minimum atomic E-state index is -0.430. The second kappa shape index (κ2) is 9.25. The lowest BCUT2D eigenvalue weighted by Crippen LogP contribution is -2.51. The molecule has 1 aromatic carbocycles. The fourth-order valence-electron chi connectivity index (χ4n) is 7.17. The van der Waals surface area contributed by atoms with Gasteiger partial charge in [0.05, 0.1) is 59.1 Å². The molecule has 0 radical (unpaired) electrons. The van der Waals surface area contributed by atoms with Crippen LogP contribution in [0.4, 0.5) is 4.39 Å². The summed E-state index contributed by atoms with van der Waals surface area (Å²) in [6, 6.07) is 5.05. The molecule has 0 bridgehead atoms. The van der Waals surface area contributed by atoms with Gasteiger partial charge in [-0.1, -0.05) is 0 Å². The van der Waals surface area contributed by atoms with Crippen LogP contribution in [0.25, 0.3) is 33.1 Å². The van der Waals surface area contributed by atoms with Crippen molar-refractivity contribution in [1.82, 2.24) is 24.0 Å². The highest BCUT2D eigenvalue weighted by Crippen LogP contribution is 2.49. The van der Waals surface area contributed by atoms with Gasteiger partial charge in [-0.05, 0) is 57.7 Å². The number of rotatable bonds is 6. The number of likely N-dealkylation sites (tertiary alicyclic amines) is 1. The van der Waals surface area contributed by atoms with Gasteiger partial charge < -0.3 is 19.1 Å². The molecule has 4 aromatic rings. The van der Waals surface area contributed by atoms with Crippen molar-refractivity contribution in [2.24, 2.45) is 12.5 Å². The molecule has 41 heavy (non-hydrogen) atoms. The van der Waals surface area contributed by atoms with E-state index in [9.17, 15) is 4.79 Å². The van der Waals surface area contributed by atoms with Crippen LogP contribution in [-0.4, -0.2) is 70.1 Å². The van der Waals surface area contributed by atoms with Gasteiger partial charge in [0.25, 0.3) is 0 Å². The quantitative estimate of drug-likeness (QED) is 0.327. The molecule has 0 atom stereocenters. The van der Waals surface area contributed by atoms with Crippen LogP contribution in [0.3, 0.4) is 0 Å². The van der Waals surface area contributed by atoms with Crippen LogP contribution in [0, 0.1) is 11.2 Å². The fourth-order valence-corrected chi connectivity index (χ4v) is 7.17. The molecule has 0 N–H and O–H groups in total.